The number of carboxylic acid groups (broad SMARTS) is 1. The van der Waals surface area contributed by atoms with Crippen molar-refractivity contribution in [2.45, 2.75) is 17.8 Å². The van der Waals surface area contributed by atoms with E-state index in [2.05, 4.69) is 0 Å². The van der Waals surface area contributed by atoms with Crippen LogP contribution in [0.25, 0.3) is 0 Å². The first-order chi connectivity index (χ1) is 5.00. The van der Waals surface area contributed by atoms with Crippen LogP contribution in [0.4, 0.5) is 13.2 Å². The second kappa shape index (κ2) is 4.48. The molecule has 2 nitrogen and oxygen atoms in total. The summed E-state index contributed by atoms with van der Waals surface area (Å²) in [6, 6.07) is 0. The molecular weight excluding hydrogens is 181 g/mol. The van der Waals surface area contributed by atoms with Crippen LogP contribution in [-0.2, 0) is 4.79 Å². The minimum absolute atomic E-state index is 0.509. The van der Waals surface area contributed by atoms with Crippen molar-refractivity contribution in [2.75, 3.05) is 6.26 Å². The Bertz CT molecular complexity index is 142. The number of rotatable bonds is 4. The zero-order valence-electron chi connectivity index (χ0n) is 5.63. The third-order valence-corrected chi connectivity index (χ3v) is 2.03. The van der Waals surface area contributed by atoms with Crippen LogP contribution in [0.5, 0.6) is 0 Å². The quantitative estimate of drug-likeness (QED) is 0.724. The summed E-state index contributed by atoms with van der Waals surface area (Å²) in [7, 11) is 0. The van der Waals surface area contributed by atoms with Crippen molar-refractivity contribution >= 4 is 17.7 Å². The van der Waals surface area contributed by atoms with Gasteiger partial charge in [0.15, 0.2) is 0 Å². The maximum absolute atomic E-state index is 12.3. The van der Waals surface area contributed by atoms with Crippen LogP contribution in [0.1, 0.15) is 0 Å². The van der Waals surface area contributed by atoms with Gasteiger partial charge >= 0.3 is 5.97 Å². The molecule has 0 aromatic heterocycles. The van der Waals surface area contributed by atoms with Crippen molar-refractivity contribution in [1.82, 2.24) is 0 Å². The van der Waals surface area contributed by atoms with Crippen molar-refractivity contribution in [1.29, 1.82) is 0 Å². The Morgan fingerprint density at radius 2 is 1.91 bits per heavy atom. The molecule has 0 radical (unpaired) electrons. The fraction of sp³-hybridized carbons (Fsp3) is 0.800. The Morgan fingerprint density at radius 3 is 2.00 bits per heavy atom. The van der Waals surface area contributed by atoms with E-state index in [4.69, 9.17) is 5.11 Å². The molecule has 6 heteroatoms. The molecule has 0 saturated carbocycles. The highest BCUT2D eigenvalue weighted by Gasteiger charge is 2.34. The lowest BCUT2D eigenvalue weighted by molar-refractivity contribution is -0.143. The highest BCUT2D eigenvalue weighted by Crippen LogP contribution is 2.21. The fourth-order valence-electron chi connectivity index (χ4n) is 0.491. The number of alkyl halides is 3. The highest BCUT2D eigenvalue weighted by molar-refractivity contribution is 7.99. The van der Waals surface area contributed by atoms with Gasteiger partial charge in [-0.25, -0.2) is 18.0 Å². The van der Waals surface area contributed by atoms with Gasteiger partial charge in [0.2, 0.25) is 6.17 Å². The summed E-state index contributed by atoms with van der Waals surface area (Å²) in [6.07, 6.45) is -4.20. The van der Waals surface area contributed by atoms with Crippen LogP contribution in [-0.4, -0.2) is 35.2 Å². The smallest absolute Gasteiger partial charge is 0.339 e. The van der Waals surface area contributed by atoms with E-state index in [0.29, 0.717) is 11.8 Å². The molecule has 66 valence electrons. The van der Waals surface area contributed by atoms with Crippen molar-refractivity contribution in [2.24, 2.45) is 0 Å². The van der Waals surface area contributed by atoms with Gasteiger partial charge in [0.1, 0.15) is 5.25 Å². The monoisotopic (exact) mass is 188 g/mol. The molecule has 0 aliphatic carbocycles. The van der Waals surface area contributed by atoms with E-state index in [1.807, 2.05) is 0 Å². The molecule has 0 bridgehead atoms. The molecule has 2 atom stereocenters. The van der Waals surface area contributed by atoms with E-state index in [-0.39, 0.29) is 0 Å². The number of hydrogen-bond acceptors (Lipinski definition) is 2. The average Bonchev–Trinajstić information content (AvgIpc) is 1.88. The maximum Gasteiger partial charge on any atom is 0.339 e. The molecule has 11 heavy (non-hydrogen) atoms. The van der Waals surface area contributed by atoms with Crippen LogP contribution in [0.3, 0.4) is 0 Å². The summed E-state index contributed by atoms with van der Waals surface area (Å²) < 4.78 is 35.9. The van der Waals surface area contributed by atoms with Gasteiger partial charge in [0.05, 0.1) is 0 Å². The summed E-state index contributed by atoms with van der Waals surface area (Å²) in [5, 5.41) is 6.24. The topological polar surface area (TPSA) is 37.3 Å². The molecule has 0 spiro atoms. The van der Waals surface area contributed by atoms with E-state index in [1.54, 1.807) is 0 Å². The number of carbonyl (C=O) groups is 1. The highest BCUT2D eigenvalue weighted by atomic mass is 32.2. The van der Waals surface area contributed by atoms with Crippen LogP contribution >= 0.6 is 11.8 Å². The van der Waals surface area contributed by atoms with Gasteiger partial charge in [-0.1, -0.05) is 0 Å². The number of hydrogen-bond donors (Lipinski definition) is 1. The molecule has 0 aliphatic heterocycles. The Morgan fingerprint density at radius 1 is 1.45 bits per heavy atom. The zero-order chi connectivity index (χ0) is 9.02. The van der Waals surface area contributed by atoms with Gasteiger partial charge in [-0.15, -0.1) is 0 Å². The van der Waals surface area contributed by atoms with Crippen molar-refractivity contribution < 1.29 is 23.1 Å². The third kappa shape index (κ3) is 3.00. The van der Waals surface area contributed by atoms with Crippen LogP contribution in [0.15, 0.2) is 0 Å². The minimum Gasteiger partial charge on any atom is -0.479 e. The first-order valence-electron chi connectivity index (χ1n) is 2.68. The molecule has 0 aromatic carbocycles. The summed E-state index contributed by atoms with van der Waals surface area (Å²) in [4.78, 5) is 9.88. The van der Waals surface area contributed by atoms with Crippen molar-refractivity contribution in [3.63, 3.8) is 0 Å². The maximum atomic E-state index is 12.3. The van der Waals surface area contributed by atoms with Gasteiger partial charge in [0.25, 0.3) is 6.43 Å². The number of halogens is 3. The summed E-state index contributed by atoms with van der Waals surface area (Å²) in [5.41, 5.74) is 0. The molecule has 0 amide bonds. The Balaban J connectivity index is 4.13. The van der Waals surface area contributed by atoms with Gasteiger partial charge in [0, 0.05) is 0 Å². The van der Waals surface area contributed by atoms with Crippen LogP contribution < -0.4 is 0 Å². The third-order valence-electron chi connectivity index (χ3n) is 1.04. The Labute approximate surface area is 65.8 Å². The lowest BCUT2D eigenvalue weighted by Crippen LogP contribution is -2.32. The Hall–Kier alpha value is -0.390. The van der Waals surface area contributed by atoms with Crippen molar-refractivity contribution in [3.8, 4) is 0 Å². The standard InChI is InChI=1S/C5H7F3O2S/c1-11-3(4(7)8)2(6)5(9)10/h2-4H,1H3,(H,9,10). The lowest BCUT2D eigenvalue weighted by Gasteiger charge is -2.13. The summed E-state index contributed by atoms with van der Waals surface area (Å²) in [6.45, 7) is 0. The average molecular weight is 188 g/mol. The molecule has 0 aliphatic rings. The van der Waals surface area contributed by atoms with Crippen molar-refractivity contribution in [3.05, 3.63) is 0 Å². The molecule has 2 unspecified atom stereocenters. The van der Waals surface area contributed by atoms with E-state index in [0.717, 1.165) is 0 Å². The summed E-state index contributed by atoms with van der Waals surface area (Å²) in [5.74, 6) is -1.84. The molecular formula is C5H7F3O2S. The first-order valence-corrected chi connectivity index (χ1v) is 3.97. The summed E-state index contributed by atoms with van der Waals surface area (Å²) >= 11 is 0.509. The second-order valence-electron chi connectivity index (χ2n) is 1.77. The first kappa shape index (κ1) is 10.6. The van der Waals surface area contributed by atoms with Gasteiger partial charge in [-0.3, -0.25) is 0 Å². The van der Waals surface area contributed by atoms with E-state index < -0.39 is 23.8 Å². The Kier molecular flexibility index (Phi) is 4.32. The molecule has 0 fully saturated rings. The normalized spacial score (nSPS) is 16.5. The molecule has 0 rings (SSSR count). The number of aliphatic carboxylic acids is 1. The van der Waals surface area contributed by atoms with Crippen LogP contribution in [0.2, 0.25) is 0 Å². The van der Waals surface area contributed by atoms with E-state index >= 15 is 0 Å². The minimum atomic E-state index is -2.95. The number of carboxylic acids is 1. The SMILES string of the molecule is CSC(C(F)F)C(F)C(=O)O. The number of thioether (sulfide) groups is 1. The second-order valence-corrected chi connectivity index (χ2v) is 2.79. The van der Waals surface area contributed by atoms with E-state index in [9.17, 15) is 18.0 Å². The molecule has 0 heterocycles. The van der Waals surface area contributed by atoms with Crippen LogP contribution in [0, 0.1) is 0 Å². The van der Waals surface area contributed by atoms with Gasteiger partial charge in [-0.2, -0.15) is 11.8 Å². The van der Waals surface area contributed by atoms with E-state index in [1.165, 1.54) is 6.26 Å². The predicted octanol–water partition coefficient (Wildman–Crippen LogP) is 1.41. The lowest BCUT2D eigenvalue weighted by atomic mass is 10.3. The van der Waals surface area contributed by atoms with Gasteiger partial charge < -0.3 is 5.11 Å². The molecule has 0 saturated heterocycles. The molecule has 1 N–H and O–H groups in total. The van der Waals surface area contributed by atoms with Gasteiger partial charge in [-0.05, 0) is 6.26 Å². The fourth-order valence-corrected chi connectivity index (χ4v) is 1.05. The predicted molar refractivity (Wildman–Crippen MR) is 35.8 cm³/mol. The zero-order valence-corrected chi connectivity index (χ0v) is 6.45. The molecule has 0 aromatic rings. The largest absolute Gasteiger partial charge is 0.479 e.